The molecule has 112 valence electrons. The average molecular weight is 285 g/mol. The quantitative estimate of drug-likeness (QED) is 0.858. The van der Waals surface area contributed by atoms with Gasteiger partial charge in [-0.2, -0.15) is 0 Å². The van der Waals surface area contributed by atoms with E-state index in [1.54, 1.807) is 7.11 Å². The molecule has 0 aliphatic carbocycles. The summed E-state index contributed by atoms with van der Waals surface area (Å²) < 4.78 is 5.23. The second-order valence-corrected chi connectivity index (χ2v) is 5.47. The number of hydrogen-bond donors (Lipinski definition) is 2. The van der Waals surface area contributed by atoms with Crippen LogP contribution >= 0.6 is 0 Å². The molecule has 0 aliphatic heterocycles. The molecule has 0 saturated heterocycles. The van der Waals surface area contributed by atoms with Gasteiger partial charge in [-0.25, -0.2) is 0 Å². The van der Waals surface area contributed by atoms with Crippen LogP contribution in [0.1, 0.15) is 24.2 Å². The number of methoxy groups -OCH3 is 1. The number of nitrogens with two attached hydrogens (primary N) is 1. The van der Waals surface area contributed by atoms with Crippen LogP contribution in [0.15, 0.2) is 54.6 Å². The summed E-state index contributed by atoms with van der Waals surface area (Å²) in [4.78, 5) is 0. The molecule has 0 fully saturated rings. The fraction of sp³-hybridized carbons (Fsp3) is 0.333. The summed E-state index contributed by atoms with van der Waals surface area (Å²) in [6.45, 7) is 2.07. The van der Waals surface area contributed by atoms with E-state index in [4.69, 9.17) is 10.5 Å². The molecule has 2 aromatic rings. The van der Waals surface area contributed by atoms with Crippen molar-refractivity contribution in [3.63, 3.8) is 0 Å². The zero-order valence-electron chi connectivity index (χ0n) is 12.6. The minimum absolute atomic E-state index is 0.160. The number of aliphatic hydroxyl groups is 1. The second kappa shape index (κ2) is 7.25. The summed E-state index contributed by atoms with van der Waals surface area (Å²) in [5, 5.41) is 10.4. The Morgan fingerprint density at radius 1 is 1.10 bits per heavy atom. The Balaban J connectivity index is 2.03. The first-order valence-electron chi connectivity index (χ1n) is 7.23. The Bertz CT molecular complexity index is 556. The van der Waals surface area contributed by atoms with Gasteiger partial charge in [0.05, 0.1) is 13.2 Å². The molecular weight excluding hydrogens is 262 g/mol. The largest absolute Gasteiger partial charge is 0.497 e. The molecule has 3 atom stereocenters. The summed E-state index contributed by atoms with van der Waals surface area (Å²) in [6.07, 6.45) is 0.161. The molecule has 3 heteroatoms. The fourth-order valence-corrected chi connectivity index (χ4v) is 2.49. The van der Waals surface area contributed by atoms with Crippen LogP contribution in [0.4, 0.5) is 0 Å². The highest BCUT2D eigenvalue weighted by atomic mass is 16.5. The van der Waals surface area contributed by atoms with Crippen molar-refractivity contribution in [2.24, 2.45) is 11.7 Å². The molecule has 3 unspecified atom stereocenters. The topological polar surface area (TPSA) is 55.5 Å². The van der Waals surface area contributed by atoms with E-state index in [-0.39, 0.29) is 12.0 Å². The van der Waals surface area contributed by atoms with E-state index in [0.717, 1.165) is 23.3 Å². The number of ether oxygens (including phenoxy) is 1. The first kappa shape index (κ1) is 15.5. The smallest absolute Gasteiger partial charge is 0.119 e. The molecule has 3 nitrogen and oxygen atoms in total. The first-order valence-corrected chi connectivity index (χ1v) is 7.23. The van der Waals surface area contributed by atoms with Crippen LogP contribution < -0.4 is 10.5 Å². The zero-order valence-corrected chi connectivity index (χ0v) is 12.6. The SMILES string of the molecule is COc1cccc(CC(C)C(N)C(O)c2ccccc2)c1. The van der Waals surface area contributed by atoms with Crippen molar-refractivity contribution in [3.8, 4) is 5.75 Å². The third kappa shape index (κ3) is 4.06. The molecule has 2 aromatic carbocycles. The van der Waals surface area contributed by atoms with Gasteiger partial charge in [0, 0.05) is 6.04 Å². The van der Waals surface area contributed by atoms with Crippen molar-refractivity contribution >= 4 is 0 Å². The molecule has 0 aliphatic rings. The predicted octanol–water partition coefficient (Wildman–Crippen LogP) is 2.93. The summed E-state index contributed by atoms with van der Waals surface area (Å²) >= 11 is 0. The van der Waals surface area contributed by atoms with Crippen molar-refractivity contribution in [1.29, 1.82) is 0 Å². The third-order valence-corrected chi connectivity index (χ3v) is 3.85. The van der Waals surface area contributed by atoms with Gasteiger partial charge < -0.3 is 15.6 Å². The Labute approximate surface area is 126 Å². The Morgan fingerprint density at radius 2 is 1.81 bits per heavy atom. The van der Waals surface area contributed by atoms with Gasteiger partial charge in [-0.05, 0) is 35.6 Å². The van der Waals surface area contributed by atoms with Crippen molar-refractivity contribution < 1.29 is 9.84 Å². The van der Waals surface area contributed by atoms with Crippen LogP contribution in [-0.4, -0.2) is 18.3 Å². The summed E-state index contributed by atoms with van der Waals surface area (Å²) in [5.41, 5.74) is 8.26. The average Bonchev–Trinajstić information content (AvgIpc) is 2.54. The molecule has 0 saturated carbocycles. The van der Waals surface area contributed by atoms with Gasteiger partial charge >= 0.3 is 0 Å². The van der Waals surface area contributed by atoms with E-state index in [0.29, 0.717) is 0 Å². The summed E-state index contributed by atoms with van der Waals surface area (Å²) in [7, 11) is 1.66. The number of benzene rings is 2. The van der Waals surface area contributed by atoms with E-state index in [1.165, 1.54) is 0 Å². The molecule has 0 spiro atoms. The maximum atomic E-state index is 10.4. The van der Waals surface area contributed by atoms with E-state index in [2.05, 4.69) is 13.0 Å². The lowest BCUT2D eigenvalue weighted by Crippen LogP contribution is -2.36. The van der Waals surface area contributed by atoms with Gasteiger partial charge in [0.2, 0.25) is 0 Å². The summed E-state index contributed by atoms with van der Waals surface area (Å²) in [5.74, 6) is 1.00. The molecule has 3 N–H and O–H groups in total. The Hall–Kier alpha value is -1.84. The maximum absolute atomic E-state index is 10.4. The Kier molecular flexibility index (Phi) is 5.37. The van der Waals surface area contributed by atoms with E-state index < -0.39 is 6.10 Å². The minimum Gasteiger partial charge on any atom is -0.497 e. The second-order valence-electron chi connectivity index (χ2n) is 5.47. The highest BCUT2D eigenvalue weighted by molar-refractivity contribution is 5.29. The normalized spacial score (nSPS) is 15.2. The lowest BCUT2D eigenvalue weighted by Gasteiger charge is -2.25. The molecule has 0 heterocycles. The van der Waals surface area contributed by atoms with Crippen LogP contribution in [0.5, 0.6) is 5.75 Å². The van der Waals surface area contributed by atoms with E-state index in [1.807, 2.05) is 48.5 Å². The van der Waals surface area contributed by atoms with E-state index >= 15 is 0 Å². The molecule has 0 radical (unpaired) electrons. The number of aliphatic hydroxyl groups excluding tert-OH is 1. The third-order valence-electron chi connectivity index (χ3n) is 3.85. The highest BCUT2D eigenvalue weighted by Gasteiger charge is 2.22. The van der Waals surface area contributed by atoms with Gasteiger partial charge in [0.25, 0.3) is 0 Å². The van der Waals surface area contributed by atoms with Crippen molar-refractivity contribution in [3.05, 3.63) is 65.7 Å². The van der Waals surface area contributed by atoms with Crippen LogP contribution in [-0.2, 0) is 6.42 Å². The molecule has 0 amide bonds. The first-order chi connectivity index (χ1) is 10.1. The van der Waals surface area contributed by atoms with Gasteiger partial charge in [-0.3, -0.25) is 0 Å². The molecule has 21 heavy (non-hydrogen) atoms. The van der Waals surface area contributed by atoms with Gasteiger partial charge in [-0.1, -0.05) is 49.4 Å². The van der Waals surface area contributed by atoms with Crippen molar-refractivity contribution in [2.45, 2.75) is 25.5 Å². The van der Waals surface area contributed by atoms with Gasteiger partial charge in [0.15, 0.2) is 0 Å². The monoisotopic (exact) mass is 285 g/mol. The lowest BCUT2D eigenvalue weighted by atomic mass is 9.88. The number of hydrogen-bond acceptors (Lipinski definition) is 3. The molecular formula is C18H23NO2. The maximum Gasteiger partial charge on any atom is 0.119 e. The molecule has 0 aromatic heterocycles. The molecule has 0 bridgehead atoms. The van der Waals surface area contributed by atoms with Crippen LogP contribution in [0.3, 0.4) is 0 Å². The van der Waals surface area contributed by atoms with Crippen molar-refractivity contribution in [2.75, 3.05) is 7.11 Å². The minimum atomic E-state index is -0.646. The van der Waals surface area contributed by atoms with Gasteiger partial charge in [0.1, 0.15) is 5.75 Å². The van der Waals surface area contributed by atoms with Crippen LogP contribution in [0.2, 0.25) is 0 Å². The lowest BCUT2D eigenvalue weighted by molar-refractivity contribution is 0.121. The van der Waals surface area contributed by atoms with Crippen LogP contribution in [0, 0.1) is 5.92 Å². The Morgan fingerprint density at radius 3 is 2.48 bits per heavy atom. The molecule has 2 rings (SSSR count). The van der Waals surface area contributed by atoms with E-state index in [9.17, 15) is 5.11 Å². The zero-order chi connectivity index (χ0) is 15.2. The van der Waals surface area contributed by atoms with Crippen LogP contribution in [0.25, 0.3) is 0 Å². The summed E-state index contributed by atoms with van der Waals surface area (Å²) in [6, 6.07) is 17.2. The predicted molar refractivity (Wildman–Crippen MR) is 85.2 cm³/mol. The highest BCUT2D eigenvalue weighted by Crippen LogP contribution is 2.23. The van der Waals surface area contributed by atoms with Crippen molar-refractivity contribution in [1.82, 2.24) is 0 Å². The van der Waals surface area contributed by atoms with Gasteiger partial charge in [-0.15, -0.1) is 0 Å². The standard InChI is InChI=1S/C18H23NO2/c1-13(11-14-7-6-10-16(12-14)21-2)17(19)18(20)15-8-4-3-5-9-15/h3-10,12-13,17-18,20H,11,19H2,1-2H3. The fourth-order valence-electron chi connectivity index (χ4n) is 2.49. The number of rotatable bonds is 6.